The standard InChI is InChI=1S/C21H17ClN2O3/c22-16-10-8-15(9-11-16)18-13-19(20-7-4-12-26-20)24(23-18)21(25)14-27-17-5-2-1-3-6-17/h1-12,19H,13-14H2. The van der Waals surface area contributed by atoms with E-state index in [1.54, 1.807) is 12.3 Å². The molecule has 0 saturated carbocycles. The summed E-state index contributed by atoms with van der Waals surface area (Å²) in [6, 6.07) is 20.0. The van der Waals surface area contributed by atoms with Gasteiger partial charge in [-0.1, -0.05) is 41.9 Å². The highest BCUT2D eigenvalue weighted by atomic mass is 35.5. The smallest absolute Gasteiger partial charge is 0.281 e. The normalized spacial score (nSPS) is 16.3. The van der Waals surface area contributed by atoms with Crippen LogP contribution in [0.4, 0.5) is 0 Å². The molecule has 0 saturated heterocycles. The Hall–Kier alpha value is -3.05. The van der Waals surface area contributed by atoms with Crippen LogP contribution in [0, 0.1) is 0 Å². The summed E-state index contributed by atoms with van der Waals surface area (Å²) in [6.07, 6.45) is 2.16. The first-order valence-corrected chi connectivity index (χ1v) is 8.95. The van der Waals surface area contributed by atoms with Gasteiger partial charge in [0.25, 0.3) is 5.91 Å². The van der Waals surface area contributed by atoms with Gasteiger partial charge in [0.15, 0.2) is 6.61 Å². The van der Waals surface area contributed by atoms with Gasteiger partial charge in [0, 0.05) is 11.4 Å². The summed E-state index contributed by atoms with van der Waals surface area (Å²) in [5, 5.41) is 6.66. The van der Waals surface area contributed by atoms with E-state index in [1.165, 1.54) is 5.01 Å². The summed E-state index contributed by atoms with van der Waals surface area (Å²) >= 11 is 5.97. The third kappa shape index (κ3) is 3.88. The number of rotatable bonds is 5. The number of benzene rings is 2. The summed E-state index contributed by atoms with van der Waals surface area (Å²) in [5.74, 6) is 1.10. The number of ether oxygens (including phenoxy) is 1. The van der Waals surface area contributed by atoms with Gasteiger partial charge in [-0.15, -0.1) is 0 Å². The van der Waals surface area contributed by atoms with Crippen molar-refractivity contribution >= 4 is 23.2 Å². The molecule has 3 aromatic rings. The topological polar surface area (TPSA) is 55.0 Å². The van der Waals surface area contributed by atoms with Crippen molar-refractivity contribution in [2.45, 2.75) is 12.5 Å². The molecule has 5 nitrogen and oxygen atoms in total. The Bertz CT molecular complexity index is 937. The number of hydrogen-bond acceptors (Lipinski definition) is 4. The summed E-state index contributed by atoms with van der Waals surface area (Å²) in [7, 11) is 0. The Morgan fingerprint density at radius 2 is 1.89 bits per heavy atom. The van der Waals surface area contributed by atoms with Gasteiger partial charge in [-0.3, -0.25) is 4.79 Å². The van der Waals surface area contributed by atoms with E-state index in [2.05, 4.69) is 5.10 Å². The summed E-state index contributed by atoms with van der Waals surface area (Å²) < 4.78 is 11.1. The minimum atomic E-state index is -0.294. The molecule has 0 N–H and O–H groups in total. The minimum absolute atomic E-state index is 0.0986. The molecule has 0 fully saturated rings. The number of carbonyl (C=O) groups is 1. The third-order valence-electron chi connectivity index (χ3n) is 4.32. The van der Waals surface area contributed by atoms with Crippen molar-refractivity contribution in [3.63, 3.8) is 0 Å². The predicted octanol–water partition coefficient (Wildman–Crippen LogP) is 4.69. The number of hydrazone groups is 1. The molecule has 1 aliphatic heterocycles. The van der Waals surface area contributed by atoms with E-state index in [4.69, 9.17) is 20.8 Å². The zero-order valence-corrected chi connectivity index (χ0v) is 15.2. The maximum atomic E-state index is 12.8. The first-order valence-electron chi connectivity index (χ1n) is 8.57. The fraction of sp³-hybridized carbons (Fsp3) is 0.143. The molecule has 1 aromatic heterocycles. The molecule has 0 bridgehead atoms. The monoisotopic (exact) mass is 380 g/mol. The van der Waals surface area contributed by atoms with Crippen LogP contribution in [0.25, 0.3) is 0 Å². The number of hydrogen-bond donors (Lipinski definition) is 0. The van der Waals surface area contributed by atoms with Gasteiger partial charge >= 0.3 is 0 Å². The molecule has 6 heteroatoms. The molecular formula is C21H17ClN2O3. The van der Waals surface area contributed by atoms with E-state index in [-0.39, 0.29) is 18.6 Å². The van der Waals surface area contributed by atoms with Crippen molar-refractivity contribution in [1.29, 1.82) is 0 Å². The first-order chi connectivity index (χ1) is 13.2. The Labute approximate surface area is 161 Å². The summed E-state index contributed by atoms with van der Waals surface area (Å²) in [4.78, 5) is 12.8. The average molecular weight is 381 g/mol. The van der Waals surface area contributed by atoms with Gasteiger partial charge in [0.1, 0.15) is 17.6 Å². The van der Waals surface area contributed by atoms with Crippen LogP contribution in [-0.2, 0) is 4.79 Å². The van der Waals surface area contributed by atoms with Crippen molar-refractivity contribution in [3.8, 4) is 5.75 Å². The van der Waals surface area contributed by atoms with Gasteiger partial charge in [-0.25, -0.2) is 5.01 Å². The molecule has 0 spiro atoms. The predicted molar refractivity (Wildman–Crippen MR) is 103 cm³/mol. The van der Waals surface area contributed by atoms with E-state index < -0.39 is 0 Å². The SMILES string of the molecule is O=C(COc1ccccc1)N1N=C(c2ccc(Cl)cc2)CC1c1ccco1. The van der Waals surface area contributed by atoms with Crippen LogP contribution in [0.2, 0.25) is 5.02 Å². The molecule has 2 aromatic carbocycles. The highest BCUT2D eigenvalue weighted by molar-refractivity contribution is 6.30. The van der Waals surface area contributed by atoms with Gasteiger partial charge < -0.3 is 9.15 Å². The number of halogens is 1. The van der Waals surface area contributed by atoms with Gasteiger partial charge in [-0.2, -0.15) is 5.10 Å². The molecular weight excluding hydrogens is 364 g/mol. The van der Waals surface area contributed by atoms with E-state index in [0.29, 0.717) is 23.0 Å². The molecule has 0 radical (unpaired) electrons. The van der Waals surface area contributed by atoms with E-state index in [9.17, 15) is 4.79 Å². The lowest BCUT2D eigenvalue weighted by Crippen LogP contribution is -2.31. The lowest BCUT2D eigenvalue weighted by Gasteiger charge is -2.19. The van der Waals surface area contributed by atoms with E-state index in [1.807, 2.05) is 60.7 Å². The first kappa shape index (κ1) is 17.4. The molecule has 2 heterocycles. The fourth-order valence-electron chi connectivity index (χ4n) is 2.99. The van der Waals surface area contributed by atoms with Crippen molar-refractivity contribution in [2.75, 3.05) is 6.61 Å². The van der Waals surface area contributed by atoms with Gasteiger partial charge in [-0.05, 0) is 42.0 Å². The second-order valence-electron chi connectivity index (χ2n) is 6.13. The summed E-state index contributed by atoms with van der Waals surface area (Å²) in [6.45, 7) is -0.0986. The van der Waals surface area contributed by atoms with Crippen LogP contribution in [0.15, 0.2) is 82.5 Å². The maximum absolute atomic E-state index is 12.8. The zero-order chi connectivity index (χ0) is 18.6. The second kappa shape index (κ2) is 7.68. The van der Waals surface area contributed by atoms with Crippen molar-refractivity contribution < 1.29 is 13.9 Å². The lowest BCUT2D eigenvalue weighted by molar-refractivity contribution is -0.135. The zero-order valence-electron chi connectivity index (χ0n) is 14.4. The Kier molecular flexibility index (Phi) is 4.94. The van der Waals surface area contributed by atoms with Crippen LogP contribution in [-0.4, -0.2) is 23.2 Å². The molecule has 1 amide bonds. The van der Waals surface area contributed by atoms with Gasteiger partial charge in [0.05, 0.1) is 12.0 Å². The summed E-state index contributed by atoms with van der Waals surface area (Å²) in [5.41, 5.74) is 1.73. The van der Waals surface area contributed by atoms with E-state index >= 15 is 0 Å². The highest BCUT2D eigenvalue weighted by Crippen LogP contribution is 2.33. The molecule has 136 valence electrons. The number of furan rings is 1. The maximum Gasteiger partial charge on any atom is 0.281 e. The molecule has 1 unspecified atom stereocenters. The van der Waals surface area contributed by atoms with E-state index in [0.717, 1.165) is 11.3 Å². The highest BCUT2D eigenvalue weighted by Gasteiger charge is 2.35. The van der Waals surface area contributed by atoms with Crippen LogP contribution in [0.5, 0.6) is 5.75 Å². The largest absolute Gasteiger partial charge is 0.484 e. The Morgan fingerprint density at radius 3 is 2.59 bits per heavy atom. The number of nitrogens with zero attached hydrogens (tertiary/aromatic N) is 2. The van der Waals surface area contributed by atoms with Crippen LogP contribution >= 0.6 is 11.6 Å². The quantitative estimate of drug-likeness (QED) is 0.645. The number of para-hydroxylation sites is 1. The number of carbonyl (C=O) groups excluding carboxylic acids is 1. The molecule has 1 aliphatic rings. The fourth-order valence-corrected chi connectivity index (χ4v) is 3.11. The van der Waals surface area contributed by atoms with Crippen molar-refractivity contribution in [3.05, 3.63) is 89.3 Å². The third-order valence-corrected chi connectivity index (χ3v) is 4.57. The molecule has 27 heavy (non-hydrogen) atoms. The lowest BCUT2D eigenvalue weighted by atomic mass is 10.0. The van der Waals surface area contributed by atoms with Crippen LogP contribution < -0.4 is 4.74 Å². The molecule has 1 atom stereocenters. The van der Waals surface area contributed by atoms with Crippen LogP contribution in [0.3, 0.4) is 0 Å². The average Bonchev–Trinajstić information content (AvgIpc) is 3.37. The second-order valence-corrected chi connectivity index (χ2v) is 6.57. The molecule has 0 aliphatic carbocycles. The van der Waals surface area contributed by atoms with Crippen molar-refractivity contribution in [1.82, 2.24) is 5.01 Å². The Morgan fingerprint density at radius 1 is 1.11 bits per heavy atom. The van der Waals surface area contributed by atoms with Crippen molar-refractivity contribution in [2.24, 2.45) is 5.10 Å². The van der Waals surface area contributed by atoms with Gasteiger partial charge in [0.2, 0.25) is 0 Å². The number of amides is 1. The Balaban J connectivity index is 1.55. The molecule has 4 rings (SSSR count). The minimum Gasteiger partial charge on any atom is -0.484 e. The van der Waals surface area contributed by atoms with Crippen LogP contribution in [0.1, 0.15) is 23.8 Å².